The molecule has 1 amide bonds. The third kappa shape index (κ3) is 4.20. The molecule has 1 unspecified atom stereocenters. The Hall–Kier alpha value is -3.26. The third-order valence-electron chi connectivity index (χ3n) is 5.68. The summed E-state index contributed by atoms with van der Waals surface area (Å²) < 4.78 is 10.6. The van der Waals surface area contributed by atoms with Crippen LogP contribution >= 0.6 is 34.8 Å². The number of nitrogens with zero attached hydrogens (tertiary/aromatic N) is 2. The standard InChI is InChI=1S/C25H19Cl3N2O5/c1-12-10-14(26)4-5-17(12)30-20(13-6-8-29-9-7-13)18(22(32)25(30)33)21(31)15-11-16(27)24(35-3)19(28)23(15)34-2/h4-11,20,31H,1-3H3/b21-18+. The van der Waals surface area contributed by atoms with Crippen molar-refractivity contribution >= 4 is 57.9 Å². The molecule has 2 heterocycles. The van der Waals surface area contributed by atoms with Gasteiger partial charge in [0.1, 0.15) is 10.8 Å². The minimum Gasteiger partial charge on any atom is -0.507 e. The van der Waals surface area contributed by atoms with Gasteiger partial charge in [-0.05, 0) is 54.4 Å². The molecule has 0 saturated carbocycles. The van der Waals surface area contributed by atoms with Crippen LogP contribution in [0.2, 0.25) is 15.1 Å². The highest BCUT2D eigenvalue weighted by Crippen LogP contribution is 2.48. The maximum Gasteiger partial charge on any atom is 0.300 e. The zero-order valence-corrected chi connectivity index (χ0v) is 21.1. The Morgan fingerprint density at radius 2 is 1.66 bits per heavy atom. The highest BCUT2D eigenvalue weighted by molar-refractivity contribution is 6.52. The van der Waals surface area contributed by atoms with Gasteiger partial charge in [0.2, 0.25) is 0 Å². The lowest BCUT2D eigenvalue weighted by atomic mass is 9.95. The summed E-state index contributed by atoms with van der Waals surface area (Å²) in [5.41, 5.74) is 1.57. The molecule has 1 aliphatic rings. The molecule has 4 rings (SSSR count). The summed E-state index contributed by atoms with van der Waals surface area (Å²) in [6, 6.07) is 8.68. The van der Waals surface area contributed by atoms with Gasteiger partial charge in [-0.15, -0.1) is 0 Å². The number of halogens is 3. The Labute approximate surface area is 216 Å². The largest absolute Gasteiger partial charge is 0.507 e. The van der Waals surface area contributed by atoms with Crippen molar-refractivity contribution in [2.24, 2.45) is 0 Å². The monoisotopic (exact) mass is 532 g/mol. The van der Waals surface area contributed by atoms with Gasteiger partial charge < -0.3 is 14.6 Å². The van der Waals surface area contributed by atoms with Gasteiger partial charge in [0.25, 0.3) is 11.7 Å². The molecule has 2 aromatic carbocycles. The predicted octanol–water partition coefficient (Wildman–Crippen LogP) is 5.99. The number of methoxy groups -OCH3 is 2. The Bertz CT molecular complexity index is 1380. The number of amides is 1. The van der Waals surface area contributed by atoms with E-state index in [0.29, 0.717) is 21.8 Å². The van der Waals surface area contributed by atoms with Crippen molar-refractivity contribution in [1.29, 1.82) is 0 Å². The second-order valence-corrected chi connectivity index (χ2v) is 8.89. The van der Waals surface area contributed by atoms with Gasteiger partial charge in [0, 0.05) is 23.1 Å². The fourth-order valence-electron chi connectivity index (χ4n) is 4.12. The molecule has 1 aromatic heterocycles. The number of Topliss-reactive ketones (excluding diaryl/α,β-unsaturated/α-hetero) is 1. The molecular formula is C25H19Cl3N2O5. The van der Waals surface area contributed by atoms with Crippen molar-refractivity contribution in [2.75, 3.05) is 19.1 Å². The predicted molar refractivity (Wildman–Crippen MR) is 135 cm³/mol. The summed E-state index contributed by atoms with van der Waals surface area (Å²) in [4.78, 5) is 32.1. The van der Waals surface area contributed by atoms with Crippen LogP contribution in [0.1, 0.15) is 22.7 Å². The van der Waals surface area contributed by atoms with Gasteiger partial charge >= 0.3 is 0 Å². The Morgan fingerprint density at radius 1 is 1.00 bits per heavy atom. The summed E-state index contributed by atoms with van der Waals surface area (Å²) in [7, 11) is 2.73. The normalized spacial score (nSPS) is 17.1. The van der Waals surface area contributed by atoms with Crippen LogP contribution in [-0.4, -0.2) is 36.0 Å². The van der Waals surface area contributed by atoms with Gasteiger partial charge in [0.05, 0.1) is 36.4 Å². The number of hydrogen-bond acceptors (Lipinski definition) is 6. The second-order valence-electron chi connectivity index (χ2n) is 7.67. The Balaban J connectivity index is 2.02. The van der Waals surface area contributed by atoms with E-state index in [1.54, 1.807) is 37.3 Å². The van der Waals surface area contributed by atoms with Crippen LogP contribution in [0.25, 0.3) is 5.76 Å². The maximum atomic E-state index is 13.4. The van der Waals surface area contributed by atoms with Crippen molar-refractivity contribution in [2.45, 2.75) is 13.0 Å². The van der Waals surface area contributed by atoms with Crippen molar-refractivity contribution in [1.82, 2.24) is 4.98 Å². The average molecular weight is 534 g/mol. The summed E-state index contributed by atoms with van der Waals surface area (Å²) in [6.45, 7) is 1.77. The Morgan fingerprint density at radius 3 is 2.26 bits per heavy atom. The van der Waals surface area contributed by atoms with Gasteiger partial charge in [0.15, 0.2) is 11.5 Å². The van der Waals surface area contributed by atoms with E-state index in [4.69, 9.17) is 44.3 Å². The second kappa shape index (κ2) is 9.77. The summed E-state index contributed by atoms with van der Waals surface area (Å²) in [6.07, 6.45) is 3.07. The first kappa shape index (κ1) is 24.9. The van der Waals surface area contributed by atoms with Crippen LogP contribution < -0.4 is 14.4 Å². The SMILES string of the molecule is COc1c(Cl)cc(/C(O)=C2\C(=O)C(=O)N(c3ccc(Cl)cc3C)C2c2ccncc2)c(OC)c1Cl. The molecule has 1 saturated heterocycles. The lowest BCUT2D eigenvalue weighted by Gasteiger charge is -2.27. The van der Waals surface area contributed by atoms with E-state index in [2.05, 4.69) is 4.98 Å². The van der Waals surface area contributed by atoms with Crippen molar-refractivity contribution in [3.63, 3.8) is 0 Å². The van der Waals surface area contributed by atoms with E-state index in [1.165, 1.54) is 37.6 Å². The van der Waals surface area contributed by atoms with Crippen LogP contribution in [0.5, 0.6) is 11.5 Å². The van der Waals surface area contributed by atoms with Crippen LogP contribution in [-0.2, 0) is 9.59 Å². The molecule has 3 aromatic rings. The van der Waals surface area contributed by atoms with Crippen LogP contribution in [0.15, 0.2) is 54.4 Å². The minimum absolute atomic E-state index is 0.00675. The smallest absolute Gasteiger partial charge is 0.300 e. The van der Waals surface area contributed by atoms with Gasteiger partial charge in [-0.25, -0.2) is 0 Å². The topological polar surface area (TPSA) is 89.0 Å². The minimum atomic E-state index is -0.970. The Kier molecular flexibility index (Phi) is 6.94. The van der Waals surface area contributed by atoms with Crippen LogP contribution in [0.3, 0.4) is 0 Å². The fraction of sp³-hybridized carbons (Fsp3) is 0.160. The number of aliphatic hydroxyl groups is 1. The molecular weight excluding hydrogens is 515 g/mol. The van der Waals surface area contributed by atoms with Gasteiger partial charge in [-0.3, -0.25) is 19.5 Å². The number of carbonyl (C=O) groups is 2. The van der Waals surface area contributed by atoms with E-state index < -0.39 is 23.5 Å². The highest BCUT2D eigenvalue weighted by Gasteiger charge is 2.47. The number of anilines is 1. The fourth-order valence-corrected chi connectivity index (χ4v) is 5.04. The summed E-state index contributed by atoms with van der Waals surface area (Å²) >= 11 is 18.8. The number of rotatable bonds is 5. The molecule has 35 heavy (non-hydrogen) atoms. The highest BCUT2D eigenvalue weighted by atomic mass is 35.5. The van der Waals surface area contributed by atoms with Crippen LogP contribution in [0.4, 0.5) is 5.69 Å². The first-order chi connectivity index (χ1) is 16.7. The zero-order valence-electron chi connectivity index (χ0n) is 18.8. The number of pyridine rings is 1. The number of benzene rings is 2. The molecule has 1 atom stereocenters. The summed E-state index contributed by atoms with van der Waals surface area (Å²) in [5.74, 6) is -2.02. The maximum absolute atomic E-state index is 13.4. The van der Waals surface area contributed by atoms with Gasteiger partial charge in [-0.1, -0.05) is 34.8 Å². The van der Waals surface area contributed by atoms with E-state index in [0.717, 1.165) is 0 Å². The van der Waals surface area contributed by atoms with E-state index in [9.17, 15) is 14.7 Å². The van der Waals surface area contributed by atoms with Gasteiger partial charge in [-0.2, -0.15) is 0 Å². The first-order valence-corrected chi connectivity index (χ1v) is 11.4. The average Bonchev–Trinajstić information content (AvgIpc) is 3.09. The number of carbonyl (C=O) groups excluding carboxylic acids is 2. The molecule has 180 valence electrons. The number of ketones is 1. The molecule has 0 bridgehead atoms. The number of hydrogen-bond donors (Lipinski definition) is 1. The molecule has 10 heteroatoms. The lowest BCUT2D eigenvalue weighted by Crippen LogP contribution is -2.30. The molecule has 0 spiro atoms. The first-order valence-electron chi connectivity index (χ1n) is 10.3. The zero-order chi connectivity index (χ0) is 25.4. The van der Waals surface area contributed by atoms with E-state index >= 15 is 0 Å². The van der Waals surface area contributed by atoms with Crippen molar-refractivity contribution < 1.29 is 24.2 Å². The molecule has 7 nitrogen and oxygen atoms in total. The number of ether oxygens (including phenoxy) is 2. The number of aryl methyl sites for hydroxylation is 1. The molecule has 1 aliphatic heterocycles. The van der Waals surface area contributed by atoms with Crippen molar-refractivity contribution in [3.8, 4) is 11.5 Å². The van der Waals surface area contributed by atoms with Crippen molar-refractivity contribution in [3.05, 3.63) is 86.1 Å². The number of aliphatic hydroxyl groups excluding tert-OH is 1. The molecule has 0 aliphatic carbocycles. The molecule has 1 N–H and O–H groups in total. The van der Waals surface area contributed by atoms with E-state index in [1.807, 2.05) is 0 Å². The van der Waals surface area contributed by atoms with Crippen LogP contribution in [0, 0.1) is 6.92 Å². The molecule has 0 radical (unpaired) electrons. The lowest BCUT2D eigenvalue weighted by molar-refractivity contribution is -0.132. The number of aromatic nitrogens is 1. The van der Waals surface area contributed by atoms with E-state index in [-0.39, 0.29) is 32.7 Å². The summed E-state index contributed by atoms with van der Waals surface area (Å²) in [5, 5.41) is 12.0. The third-order valence-corrected chi connectivity index (χ3v) is 6.54. The quantitative estimate of drug-likeness (QED) is 0.246. The molecule has 1 fully saturated rings.